The number of carbonyl (C=O) groups excluding carboxylic acids is 1. The molecule has 2 aromatic rings. The first-order chi connectivity index (χ1) is 10.0. The highest BCUT2D eigenvalue weighted by Gasteiger charge is 2.13. The van der Waals surface area contributed by atoms with E-state index in [2.05, 4.69) is 15.6 Å². The van der Waals surface area contributed by atoms with Gasteiger partial charge in [0.15, 0.2) is 5.13 Å². The van der Waals surface area contributed by atoms with Gasteiger partial charge in [-0.25, -0.2) is 9.78 Å². The molecule has 0 unspecified atom stereocenters. The molecule has 1 aromatic carbocycles. The smallest absolute Gasteiger partial charge is 0.321 e. The van der Waals surface area contributed by atoms with Crippen LogP contribution in [0.5, 0.6) is 0 Å². The Bertz CT molecular complexity index is 668. The Morgan fingerprint density at radius 2 is 2.33 bits per heavy atom. The monoisotopic (exact) mass is 310 g/mol. The lowest BCUT2D eigenvalue weighted by atomic mass is 10.2. The molecule has 0 aliphatic heterocycles. The number of amides is 2. The molecular formula is C12H14N4O4S. The van der Waals surface area contributed by atoms with Crippen LogP contribution in [0.2, 0.25) is 0 Å². The highest BCUT2D eigenvalue weighted by molar-refractivity contribution is 7.22. The largest absolute Gasteiger partial charge is 0.394 e. The number of nitrogens with one attached hydrogen (secondary N) is 2. The maximum Gasteiger partial charge on any atom is 0.321 e. The number of aliphatic hydroxyl groups is 1. The number of rotatable bonds is 5. The number of fused-ring (bicyclic) bond motifs is 1. The van der Waals surface area contributed by atoms with E-state index in [1.165, 1.54) is 18.2 Å². The van der Waals surface area contributed by atoms with E-state index in [0.29, 0.717) is 21.8 Å². The second-order valence-electron chi connectivity index (χ2n) is 4.31. The molecule has 1 heterocycles. The Labute approximate surface area is 124 Å². The van der Waals surface area contributed by atoms with Crippen molar-refractivity contribution in [2.45, 2.75) is 19.4 Å². The van der Waals surface area contributed by atoms with Gasteiger partial charge < -0.3 is 10.4 Å². The van der Waals surface area contributed by atoms with Crippen LogP contribution in [0, 0.1) is 10.1 Å². The zero-order valence-electron chi connectivity index (χ0n) is 11.2. The zero-order valence-corrected chi connectivity index (χ0v) is 12.0. The number of non-ortho nitro benzene ring substituents is 1. The van der Waals surface area contributed by atoms with Crippen molar-refractivity contribution < 1.29 is 14.8 Å². The zero-order chi connectivity index (χ0) is 15.4. The molecule has 0 radical (unpaired) electrons. The summed E-state index contributed by atoms with van der Waals surface area (Å²) in [5.41, 5.74) is 0.559. The van der Waals surface area contributed by atoms with Gasteiger partial charge in [-0.3, -0.25) is 15.4 Å². The number of thiazole rings is 1. The van der Waals surface area contributed by atoms with Crippen molar-refractivity contribution in [2.75, 3.05) is 11.9 Å². The average molecular weight is 310 g/mol. The van der Waals surface area contributed by atoms with E-state index >= 15 is 0 Å². The van der Waals surface area contributed by atoms with Crippen LogP contribution in [0.25, 0.3) is 10.2 Å². The fraction of sp³-hybridized carbons (Fsp3) is 0.333. The number of nitro groups is 1. The van der Waals surface area contributed by atoms with Crippen LogP contribution in [0.3, 0.4) is 0 Å². The van der Waals surface area contributed by atoms with Crippen LogP contribution in [-0.4, -0.2) is 33.7 Å². The van der Waals surface area contributed by atoms with E-state index in [1.807, 2.05) is 6.92 Å². The van der Waals surface area contributed by atoms with E-state index in [0.717, 1.165) is 11.3 Å². The van der Waals surface area contributed by atoms with Gasteiger partial charge in [-0.2, -0.15) is 0 Å². The summed E-state index contributed by atoms with van der Waals surface area (Å²) < 4.78 is 0.619. The predicted molar refractivity (Wildman–Crippen MR) is 79.6 cm³/mol. The number of hydrogen-bond donors (Lipinski definition) is 3. The van der Waals surface area contributed by atoms with Gasteiger partial charge in [0.2, 0.25) is 0 Å². The highest BCUT2D eigenvalue weighted by Crippen LogP contribution is 2.28. The van der Waals surface area contributed by atoms with Crippen molar-refractivity contribution in [2.24, 2.45) is 0 Å². The van der Waals surface area contributed by atoms with Crippen LogP contribution in [0.15, 0.2) is 18.2 Å². The maximum atomic E-state index is 11.7. The number of nitro benzene ring substituents is 1. The third-order valence-corrected chi connectivity index (χ3v) is 3.79. The van der Waals surface area contributed by atoms with Gasteiger partial charge in [0, 0.05) is 12.1 Å². The Morgan fingerprint density at radius 1 is 1.57 bits per heavy atom. The van der Waals surface area contributed by atoms with Gasteiger partial charge in [0.25, 0.3) is 5.69 Å². The molecule has 2 amide bonds. The lowest BCUT2D eigenvalue weighted by Crippen LogP contribution is -2.39. The van der Waals surface area contributed by atoms with Gasteiger partial charge in [-0.05, 0) is 12.5 Å². The minimum atomic E-state index is -0.480. The maximum absolute atomic E-state index is 11.7. The van der Waals surface area contributed by atoms with Crippen molar-refractivity contribution >= 4 is 38.4 Å². The minimum absolute atomic E-state index is 0.0199. The van der Waals surface area contributed by atoms with Crippen molar-refractivity contribution in [1.82, 2.24) is 10.3 Å². The van der Waals surface area contributed by atoms with Crippen molar-refractivity contribution in [3.8, 4) is 0 Å². The summed E-state index contributed by atoms with van der Waals surface area (Å²) in [5, 5.41) is 25.2. The molecule has 1 atom stereocenters. The summed E-state index contributed by atoms with van der Waals surface area (Å²) in [5.74, 6) is 0. The molecule has 0 spiro atoms. The lowest BCUT2D eigenvalue weighted by Gasteiger charge is -2.13. The molecule has 0 aliphatic rings. The van der Waals surface area contributed by atoms with Crippen LogP contribution >= 0.6 is 11.3 Å². The highest BCUT2D eigenvalue weighted by atomic mass is 32.1. The number of nitrogens with zero attached hydrogens (tertiary/aromatic N) is 2. The quantitative estimate of drug-likeness (QED) is 0.577. The molecule has 8 nitrogen and oxygen atoms in total. The molecule has 0 fully saturated rings. The van der Waals surface area contributed by atoms with E-state index in [1.54, 1.807) is 0 Å². The normalized spacial score (nSPS) is 12.1. The van der Waals surface area contributed by atoms with Crippen molar-refractivity contribution in [3.05, 3.63) is 28.3 Å². The third kappa shape index (κ3) is 3.64. The van der Waals surface area contributed by atoms with Gasteiger partial charge in [-0.1, -0.05) is 18.3 Å². The SMILES string of the molecule is CC[C@H](CO)NC(=O)Nc1nc2ccc([N+](=O)[O-])cc2s1. The van der Waals surface area contributed by atoms with Crippen LogP contribution in [0.4, 0.5) is 15.6 Å². The summed E-state index contributed by atoms with van der Waals surface area (Å²) in [6.45, 7) is 1.70. The molecule has 0 saturated carbocycles. The number of aromatic nitrogens is 1. The van der Waals surface area contributed by atoms with Gasteiger partial charge in [-0.15, -0.1) is 0 Å². The second kappa shape index (κ2) is 6.46. The van der Waals surface area contributed by atoms with E-state index in [9.17, 15) is 14.9 Å². The van der Waals surface area contributed by atoms with Gasteiger partial charge in [0.05, 0.1) is 27.8 Å². The summed E-state index contributed by atoms with van der Waals surface area (Å²) in [7, 11) is 0. The Balaban J connectivity index is 2.12. The molecular weight excluding hydrogens is 296 g/mol. The number of anilines is 1. The Morgan fingerprint density at radius 3 is 2.95 bits per heavy atom. The summed E-state index contributed by atoms with van der Waals surface area (Å²) in [6, 6.07) is 3.53. The van der Waals surface area contributed by atoms with E-state index in [4.69, 9.17) is 5.11 Å². The molecule has 2 rings (SSSR count). The minimum Gasteiger partial charge on any atom is -0.394 e. The summed E-state index contributed by atoms with van der Waals surface area (Å²) in [4.78, 5) is 26.1. The lowest BCUT2D eigenvalue weighted by molar-refractivity contribution is -0.384. The molecule has 3 N–H and O–H groups in total. The predicted octanol–water partition coefficient (Wildman–Crippen LogP) is 2.10. The molecule has 9 heteroatoms. The standard InChI is InChI=1S/C12H14N4O4S/c1-2-7(6-17)13-11(18)15-12-14-9-4-3-8(16(19)20)5-10(9)21-12/h3-5,7,17H,2,6H2,1H3,(H2,13,14,15,18)/t7-/m1/s1. The molecule has 1 aromatic heterocycles. The first-order valence-corrected chi connectivity index (χ1v) is 7.08. The fourth-order valence-electron chi connectivity index (χ4n) is 1.68. The molecule has 0 bridgehead atoms. The second-order valence-corrected chi connectivity index (χ2v) is 5.35. The number of aliphatic hydroxyl groups excluding tert-OH is 1. The van der Waals surface area contributed by atoms with Crippen LogP contribution in [0.1, 0.15) is 13.3 Å². The Hall–Kier alpha value is -2.26. The van der Waals surface area contributed by atoms with Gasteiger partial charge >= 0.3 is 6.03 Å². The Kier molecular flexibility index (Phi) is 4.66. The average Bonchev–Trinajstić information content (AvgIpc) is 2.85. The molecule has 21 heavy (non-hydrogen) atoms. The van der Waals surface area contributed by atoms with E-state index in [-0.39, 0.29) is 18.3 Å². The van der Waals surface area contributed by atoms with Crippen LogP contribution < -0.4 is 10.6 Å². The molecule has 0 saturated heterocycles. The number of carbonyl (C=O) groups is 1. The van der Waals surface area contributed by atoms with Gasteiger partial charge in [0.1, 0.15) is 0 Å². The van der Waals surface area contributed by atoms with Crippen LogP contribution in [-0.2, 0) is 0 Å². The number of urea groups is 1. The first kappa shape index (κ1) is 15.1. The number of benzene rings is 1. The first-order valence-electron chi connectivity index (χ1n) is 6.26. The number of hydrogen-bond acceptors (Lipinski definition) is 6. The molecule has 0 aliphatic carbocycles. The summed E-state index contributed by atoms with van der Waals surface area (Å²) >= 11 is 1.15. The van der Waals surface area contributed by atoms with E-state index < -0.39 is 11.0 Å². The third-order valence-electron chi connectivity index (χ3n) is 2.85. The fourth-order valence-corrected chi connectivity index (χ4v) is 2.57. The van der Waals surface area contributed by atoms with Crippen molar-refractivity contribution in [1.29, 1.82) is 0 Å². The topological polar surface area (TPSA) is 117 Å². The molecule has 112 valence electrons. The van der Waals surface area contributed by atoms with Crippen molar-refractivity contribution in [3.63, 3.8) is 0 Å². The summed E-state index contributed by atoms with van der Waals surface area (Å²) in [6.07, 6.45) is 0.607.